The summed E-state index contributed by atoms with van der Waals surface area (Å²) in [5, 5.41) is 13.3. The summed E-state index contributed by atoms with van der Waals surface area (Å²) in [6, 6.07) is 1.43. The molecule has 0 saturated carbocycles. The average Bonchev–Trinajstić information content (AvgIpc) is 2.78. The number of azide groups is 1. The quantitative estimate of drug-likeness (QED) is 0.481. The first-order valence-electron chi connectivity index (χ1n) is 6.22. The van der Waals surface area contributed by atoms with E-state index < -0.39 is 24.0 Å². The lowest BCUT2D eigenvalue weighted by Gasteiger charge is -2.18. The van der Waals surface area contributed by atoms with E-state index >= 15 is 0 Å². The molecule has 108 valence electrons. The van der Waals surface area contributed by atoms with Crippen molar-refractivity contribution in [2.24, 2.45) is 5.11 Å². The van der Waals surface area contributed by atoms with E-state index in [-0.39, 0.29) is 12.6 Å². The fraction of sp³-hybridized carbons (Fsp3) is 0.636. The predicted octanol–water partition coefficient (Wildman–Crippen LogP) is 0.601. The Balaban J connectivity index is 2.20. The highest BCUT2D eigenvalue weighted by atomic mass is 16.5. The number of aliphatic hydroxyl groups is 1. The number of nitrogens with zero attached hydrogens (tertiary/aromatic N) is 5. The van der Waals surface area contributed by atoms with E-state index in [9.17, 15) is 9.90 Å². The molecule has 9 nitrogen and oxygen atoms in total. The zero-order chi connectivity index (χ0) is 14.5. The molecule has 0 radical (unpaired) electrons. The molecule has 1 aromatic heterocycles. The Hall–Kier alpha value is -2.09. The number of aromatic nitrogens is 2. The minimum absolute atomic E-state index is 0.0474. The fourth-order valence-electron chi connectivity index (χ4n) is 2.02. The van der Waals surface area contributed by atoms with Gasteiger partial charge in [-0.25, -0.2) is 0 Å². The molecular formula is C11H15N5O4. The Morgan fingerprint density at radius 1 is 1.75 bits per heavy atom. The maximum Gasteiger partial charge on any atom is 0.301 e. The number of hydrogen-bond donors (Lipinski definition) is 1. The lowest BCUT2D eigenvalue weighted by molar-refractivity contribution is -0.0173. The Kier molecular flexibility index (Phi) is 4.57. The Morgan fingerprint density at radius 2 is 2.55 bits per heavy atom. The van der Waals surface area contributed by atoms with Gasteiger partial charge in [-0.15, -0.1) is 0 Å². The molecule has 9 heteroatoms. The van der Waals surface area contributed by atoms with Gasteiger partial charge in [0.2, 0.25) is 0 Å². The molecule has 1 aliphatic heterocycles. The monoisotopic (exact) mass is 281 g/mol. The highest BCUT2D eigenvalue weighted by Gasteiger charge is 2.35. The van der Waals surface area contributed by atoms with E-state index in [1.54, 1.807) is 11.5 Å². The molecule has 2 rings (SSSR count). The van der Waals surface area contributed by atoms with Gasteiger partial charge in [0.15, 0.2) is 0 Å². The molecule has 0 bridgehead atoms. The smallest absolute Gasteiger partial charge is 0.301 e. The summed E-state index contributed by atoms with van der Waals surface area (Å²) in [7, 11) is 0. The molecule has 0 aromatic carbocycles. The van der Waals surface area contributed by atoms with Gasteiger partial charge in [-0.2, -0.15) is 4.98 Å². The van der Waals surface area contributed by atoms with E-state index in [0.717, 1.165) is 0 Å². The van der Waals surface area contributed by atoms with Crippen LogP contribution in [0.5, 0.6) is 6.01 Å². The number of hydrogen-bond acceptors (Lipinski definition) is 6. The van der Waals surface area contributed by atoms with E-state index in [2.05, 4.69) is 15.0 Å². The minimum Gasteiger partial charge on any atom is -0.465 e. The van der Waals surface area contributed by atoms with Gasteiger partial charge in [0.25, 0.3) is 5.56 Å². The van der Waals surface area contributed by atoms with Gasteiger partial charge in [0.05, 0.1) is 25.4 Å². The van der Waals surface area contributed by atoms with Crippen molar-refractivity contribution < 1.29 is 14.6 Å². The standard InChI is InChI=1S/C11H15N5O4/c1-2-19-11-14-9(18)3-4-16(11)10-5-7(17)8(20-10)6-13-15-12/h3-4,7-8,10,17H,2,5-6H2,1H3/t7-,8+,10-/m0/s1. The van der Waals surface area contributed by atoms with Crippen molar-refractivity contribution in [3.8, 4) is 6.01 Å². The number of rotatable bonds is 5. The topological polar surface area (TPSA) is 122 Å². The molecule has 2 heterocycles. The molecule has 1 aromatic rings. The van der Waals surface area contributed by atoms with Gasteiger partial charge in [0.1, 0.15) is 6.23 Å². The highest BCUT2D eigenvalue weighted by molar-refractivity contribution is 5.01. The van der Waals surface area contributed by atoms with Crippen LogP contribution in [0, 0.1) is 0 Å². The van der Waals surface area contributed by atoms with Crippen LogP contribution < -0.4 is 10.3 Å². The average molecular weight is 281 g/mol. The van der Waals surface area contributed by atoms with Crippen molar-refractivity contribution in [3.63, 3.8) is 0 Å². The van der Waals surface area contributed by atoms with Crippen molar-refractivity contribution in [2.45, 2.75) is 31.8 Å². The van der Waals surface area contributed by atoms with Crippen LogP contribution in [0.15, 0.2) is 22.2 Å². The first-order chi connectivity index (χ1) is 9.65. The fourth-order valence-corrected chi connectivity index (χ4v) is 2.02. The summed E-state index contributed by atoms with van der Waals surface area (Å²) in [5.41, 5.74) is 7.88. The van der Waals surface area contributed by atoms with E-state index in [4.69, 9.17) is 15.0 Å². The van der Waals surface area contributed by atoms with Crippen molar-refractivity contribution in [3.05, 3.63) is 33.1 Å². The normalized spacial score (nSPS) is 25.2. The largest absolute Gasteiger partial charge is 0.465 e. The molecule has 0 spiro atoms. The molecule has 0 amide bonds. The summed E-state index contributed by atoms with van der Waals surface area (Å²) < 4.78 is 12.5. The molecule has 3 atom stereocenters. The van der Waals surface area contributed by atoms with E-state index in [1.165, 1.54) is 12.3 Å². The predicted molar refractivity (Wildman–Crippen MR) is 68.2 cm³/mol. The third-order valence-corrected chi connectivity index (χ3v) is 2.92. The van der Waals surface area contributed by atoms with Crippen LogP contribution in [0.25, 0.3) is 10.4 Å². The maximum atomic E-state index is 11.3. The molecule has 0 unspecified atom stereocenters. The van der Waals surface area contributed by atoms with Crippen LogP contribution in [0.3, 0.4) is 0 Å². The third kappa shape index (κ3) is 3.08. The Bertz CT molecular complexity index is 568. The maximum absolute atomic E-state index is 11.3. The second-order valence-corrected chi connectivity index (χ2v) is 4.23. The zero-order valence-corrected chi connectivity index (χ0v) is 10.9. The lowest BCUT2D eigenvalue weighted by Crippen LogP contribution is -2.23. The SMILES string of the molecule is CCOc1nc(=O)ccn1[C@@H]1C[C@H](O)[C@@H](CN=[N+]=[N-])O1. The number of ether oxygens (including phenoxy) is 2. The Labute approximate surface area is 114 Å². The van der Waals surface area contributed by atoms with Gasteiger partial charge in [-0.3, -0.25) is 9.36 Å². The van der Waals surface area contributed by atoms with Crippen LogP contribution >= 0.6 is 0 Å². The molecule has 20 heavy (non-hydrogen) atoms. The summed E-state index contributed by atoms with van der Waals surface area (Å²) in [4.78, 5) is 17.7. The summed E-state index contributed by atoms with van der Waals surface area (Å²) in [6.45, 7) is 2.18. The van der Waals surface area contributed by atoms with Gasteiger partial charge in [-0.05, 0) is 12.5 Å². The lowest BCUT2D eigenvalue weighted by atomic mass is 10.2. The van der Waals surface area contributed by atoms with Crippen molar-refractivity contribution in [2.75, 3.05) is 13.2 Å². The molecule has 0 aliphatic carbocycles. The van der Waals surface area contributed by atoms with Crippen LogP contribution in [-0.2, 0) is 4.74 Å². The molecule has 1 fully saturated rings. The van der Waals surface area contributed by atoms with Gasteiger partial charge >= 0.3 is 6.01 Å². The molecular weight excluding hydrogens is 266 g/mol. The zero-order valence-electron chi connectivity index (χ0n) is 10.9. The Morgan fingerprint density at radius 3 is 3.25 bits per heavy atom. The summed E-state index contributed by atoms with van der Waals surface area (Å²) in [6.07, 6.45) is -0.0353. The van der Waals surface area contributed by atoms with Crippen LogP contribution in [0.1, 0.15) is 19.6 Å². The molecule has 1 N–H and O–H groups in total. The van der Waals surface area contributed by atoms with Gasteiger partial charge < -0.3 is 14.6 Å². The van der Waals surface area contributed by atoms with Crippen LogP contribution in [-0.4, -0.2) is 40.0 Å². The number of aliphatic hydroxyl groups excluding tert-OH is 1. The molecule has 1 saturated heterocycles. The first kappa shape index (κ1) is 14.3. The van der Waals surface area contributed by atoms with Crippen LogP contribution in [0.2, 0.25) is 0 Å². The van der Waals surface area contributed by atoms with Gasteiger partial charge in [-0.1, -0.05) is 5.11 Å². The first-order valence-corrected chi connectivity index (χ1v) is 6.22. The van der Waals surface area contributed by atoms with Crippen molar-refractivity contribution in [1.82, 2.24) is 9.55 Å². The van der Waals surface area contributed by atoms with Crippen molar-refractivity contribution in [1.29, 1.82) is 0 Å². The highest BCUT2D eigenvalue weighted by Crippen LogP contribution is 2.30. The van der Waals surface area contributed by atoms with Gasteiger partial charge in [0, 0.05) is 23.6 Å². The summed E-state index contributed by atoms with van der Waals surface area (Å²) >= 11 is 0. The summed E-state index contributed by atoms with van der Waals surface area (Å²) in [5.74, 6) is 0. The second kappa shape index (κ2) is 6.38. The minimum atomic E-state index is -0.751. The van der Waals surface area contributed by atoms with E-state index in [1.807, 2.05) is 0 Å². The third-order valence-electron chi connectivity index (χ3n) is 2.92. The van der Waals surface area contributed by atoms with E-state index in [0.29, 0.717) is 13.0 Å². The van der Waals surface area contributed by atoms with Crippen LogP contribution in [0.4, 0.5) is 0 Å². The van der Waals surface area contributed by atoms with Crippen molar-refractivity contribution >= 4 is 0 Å². The molecule has 1 aliphatic rings. The second-order valence-electron chi connectivity index (χ2n) is 4.23.